The summed E-state index contributed by atoms with van der Waals surface area (Å²) in [4.78, 5) is 17.8. The highest BCUT2D eigenvalue weighted by molar-refractivity contribution is 6.32. The van der Waals surface area contributed by atoms with Gasteiger partial charge in [0.1, 0.15) is 0 Å². The maximum atomic E-state index is 11.2. The van der Waals surface area contributed by atoms with Crippen molar-refractivity contribution in [3.05, 3.63) is 41.0 Å². The van der Waals surface area contributed by atoms with Gasteiger partial charge < -0.3 is 5.11 Å². The summed E-state index contributed by atoms with van der Waals surface area (Å²) in [6, 6.07) is 7.75. The zero-order chi connectivity index (χ0) is 15.0. The van der Waals surface area contributed by atoms with Gasteiger partial charge in [-0.1, -0.05) is 30.7 Å². The number of carboxylic acids is 1. The molecule has 5 heteroatoms. The van der Waals surface area contributed by atoms with E-state index in [-0.39, 0.29) is 11.8 Å². The number of rotatable bonds is 3. The molecule has 0 saturated carbocycles. The summed E-state index contributed by atoms with van der Waals surface area (Å²) in [5.41, 5.74) is 1.88. The lowest BCUT2D eigenvalue weighted by molar-refractivity contribution is -0.142. The number of halogens is 1. The van der Waals surface area contributed by atoms with Gasteiger partial charge in [-0.25, -0.2) is 0 Å². The van der Waals surface area contributed by atoms with E-state index in [1.165, 1.54) is 0 Å². The highest BCUT2D eigenvalue weighted by Gasteiger charge is 2.34. The van der Waals surface area contributed by atoms with Crippen LogP contribution in [0, 0.1) is 11.8 Å². The van der Waals surface area contributed by atoms with Crippen LogP contribution in [0.25, 0.3) is 10.9 Å². The second-order valence-corrected chi connectivity index (χ2v) is 6.12. The minimum atomic E-state index is -0.716. The Kier molecular flexibility index (Phi) is 3.83. The third kappa shape index (κ3) is 2.74. The molecular weight excluding hydrogens is 288 g/mol. The quantitative estimate of drug-likeness (QED) is 0.947. The number of likely N-dealkylation sites (tertiary alicyclic amines) is 1. The molecule has 1 aromatic heterocycles. The van der Waals surface area contributed by atoms with Gasteiger partial charge in [-0.3, -0.25) is 14.7 Å². The van der Waals surface area contributed by atoms with Gasteiger partial charge in [0.05, 0.1) is 11.4 Å². The van der Waals surface area contributed by atoms with Crippen molar-refractivity contribution in [1.29, 1.82) is 0 Å². The molecule has 2 aromatic rings. The van der Waals surface area contributed by atoms with Crippen molar-refractivity contribution < 1.29 is 9.90 Å². The van der Waals surface area contributed by atoms with Gasteiger partial charge in [-0.15, -0.1) is 0 Å². The summed E-state index contributed by atoms with van der Waals surface area (Å²) in [5.74, 6) is -0.858. The number of aliphatic carboxylic acids is 1. The Bertz CT molecular complexity index is 689. The van der Waals surface area contributed by atoms with E-state index in [2.05, 4.69) is 9.88 Å². The molecule has 2 atom stereocenters. The Hall–Kier alpha value is -1.65. The van der Waals surface area contributed by atoms with E-state index in [0.29, 0.717) is 18.1 Å². The summed E-state index contributed by atoms with van der Waals surface area (Å²) in [7, 11) is 0. The van der Waals surface area contributed by atoms with Crippen molar-refractivity contribution >= 4 is 28.5 Å². The highest BCUT2D eigenvalue weighted by Crippen LogP contribution is 2.30. The van der Waals surface area contributed by atoms with Crippen LogP contribution in [0.3, 0.4) is 0 Å². The third-order valence-corrected chi connectivity index (χ3v) is 4.56. The molecule has 4 nitrogen and oxygen atoms in total. The fourth-order valence-electron chi connectivity index (χ4n) is 3.07. The molecular formula is C16H17ClN2O2. The zero-order valence-corrected chi connectivity index (χ0v) is 12.5. The Morgan fingerprint density at radius 3 is 2.95 bits per heavy atom. The van der Waals surface area contributed by atoms with Crippen LogP contribution in [0.2, 0.25) is 5.02 Å². The molecule has 2 heterocycles. The maximum absolute atomic E-state index is 11.2. The molecule has 1 fully saturated rings. The number of pyridine rings is 1. The number of hydrogen-bond acceptors (Lipinski definition) is 3. The molecule has 21 heavy (non-hydrogen) atoms. The lowest BCUT2D eigenvalue weighted by Crippen LogP contribution is -2.23. The predicted molar refractivity (Wildman–Crippen MR) is 82.3 cm³/mol. The maximum Gasteiger partial charge on any atom is 0.308 e. The minimum absolute atomic E-state index is 0.157. The first-order valence-electron chi connectivity index (χ1n) is 7.03. The van der Waals surface area contributed by atoms with Crippen molar-refractivity contribution in [3.8, 4) is 0 Å². The topological polar surface area (TPSA) is 53.4 Å². The zero-order valence-electron chi connectivity index (χ0n) is 11.8. The van der Waals surface area contributed by atoms with E-state index < -0.39 is 5.97 Å². The van der Waals surface area contributed by atoms with Gasteiger partial charge in [-0.05, 0) is 18.1 Å². The molecule has 1 aliphatic heterocycles. The summed E-state index contributed by atoms with van der Waals surface area (Å²) in [6.07, 6.45) is 1.76. The van der Waals surface area contributed by atoms with Crippen LogP contribution < -0.4 is 0 Å². The van der Waals surface area contributed by atoms with Crippen LogP contribution >= 0.6 is 11.6 Å². The average molecular weight is 305 g/mol. The van der Waals surface area contributed by atoms with E-state index in [4.69, 9.17) is 11.6 Å². The Morgan fingerprint density at radius 1 is 1.43 bits per heavy atom. The third-order valence-electron chi connectivity index (χ3n) is 4.21. The largest absolute Gasteiger partial charge is 0.481 e. The summed E-state index contributed by atoms with van der Waals surface area (Å²) < 4.78 is 0. The first-order chi connectivity index (χ1) is 10.1. The second kappa shape index (κ2) is 5.62. The number of nitrogens with zero attached hydrogens (tertiary/aromatic N) is 2. The van der Waals surface area contributed by atoms with Gasteiger partial charge in [-0.2, -0.15) is 0 Å². The molecule has 0 spiro atoms. The van der Waals surface area contributed by atoms with E-state index in [1.807, 2.05) is 31.2 Å². The summed E-state index contributed by atoms with van der Waals surface area (Å²) in [6.45, 7) is 3.97. The Morgan fingerprint density at radius 2 is 2.24 bits per heavy atom. The number of carboxylic acid groups (broad SMARTS) is 1. The van der Waals surface area contributed by atoms with E-state index >= 15 is 0 Å². The van der Waals surface area contributed by atoms with E-state index in [0.717, 1.165) is 23.0 Å². The summed E-state index contributed by atoms with van der Waals surface area (Å²) >= 11 is 6.33. The van der Waals surface area contributed by atoms with Crippen LogP contribution in [0.15, 0.2) is 30.5 Å². The van der Waals surface area contributed by atoms with Crippen LogP contribution in [0.4, 0.5) is 0 Å². The number of fused-ring (bicyclic) bond motifs is 1. The molecule has 1 saturated heterocycles. The number of aromatic nitrogens is 1. The van der Waals surface area contributed by atoms with Gasteiger partial charge in [0.25, 0.3) is 0 Å². The first-order valence-corrected chi connectivity index (χ1v) is 7.41. The van der Waals surface area contributed by atoms with Gasteiger partial charge in [0.2, 0.25) is 0 Å². The van der Waals surface area contributed by atoms with Gasteiger partial charge in [0, 0.05) is 41.8 Å². The van der Waals surface area contributed by atoms with Crippen LogP contribution in [0.5, 0.6) is 0 Å². The smallest absolute Gasteiger partial charge is 0.308 e. The molecule has 1 aromatic carbocycles. The SMILES string of the molecule is C[C@@H]1CN(Cc2c(Cl)ccc3cccnc23)C[C@H]1C(=O)O. The van der Waals surface area contributed by atoms with Gasteiger partial charge >= 0.3 is 5.97 Å². The molecule has 0 unspecified atom stereocenters. The first kappa shape index (κ1) is 14.3. The van der Waals surface area contributed by atoms with Crippen molar-refractivity contribution in [1.82, 2.24) is 9.88 Å². The monoisotopic (exact) mass is 304 g/mol. The molecule has 3 rings (SSSR count). The van der Waals surface area contributed by atoms with Crippen molar-refractivity contribution in [3.63, 3.8) is 0 Å². The Balaban J connectivity index is 1.89. The standard InChI is InChI=1S/C16H17ClN2O2/c1-10-7-19(8-12(10)16(20)21)9-13-14(17)5-4-11-3-2-6-18-15(11)13/h2-6,10,12H,7-9H2,1H3,(H,20,21)/t10-,12-/m1/s1. The molecule has 110 valence electrons. The fourth-order valence-corrected chi connectivity index (χ4v) is 3.29. The van der Waals surface area contributed by atoms with Crippen LogP contribution in [-0.2, 0) is 11.3 Å². The lowest BCUT2D eigenvalue weighted by atomic mass is 9.99. The van der Waals surface area contributed by atoms with E-state index in [9.17, 15) is 9.90 Å². The molecule has 0 amide bonds. The van der Waals surface area contributed by atoms with E-state index in [1.54, 1.807) is 6.20 Å². The number of benzene rings is 1. The Labute approximate surface area is 128 Å². The van der Waals surface area contributed by atoms with Crippen molar-refractivity contribution in [2.24, 2.45) is 11.8 Å². The highest BCUT2D eigenvalue weighted by atomic mass is 35.5. The normalized spacial score (nSPS) is 22.8. The van der Waals surface area contributed by atoms with Crippen LogP contribution in [0.1, 0.15) is 12.5 Å². The second-order valence-electron chi connectivity index (χ2n) is 5.72. The minimum Gasteiger partial charge on any atom is -0.481 e. The van der Waals surface area contributed by atoms with Crippen molar-refractivity contribution in [2.75, 3.05) is 13.1 Å². The average Bonchev–Trinajstić information content (AvgIpc) is 2.83. The molecule has 0 aliphatic carbocycles. The molecule has 0 radical (unpaired) electrons. The van der Waals surface area contributed by atoms with Crippen molar-refractivity contribution in [2.45, 2.75) is 13.5 Å². The summed E-state index contributed by atoms with van der Waals surface area (Å²) in [5, 5.41) is 11.0. The number of carbonyl (C=O) groups is 1. The molecule has 0 bridgehead atoms. The number of hydrogen-bond donors (Lipinski definition) is 1. The van der Waals surface area contributed by atoms with Gasteiger partial charge in [0.15, 0.2) is 0 Å². The lowest BCUT2D eigenvalue weighted by Gasteiger charge is -2.17. The molecule has 1 aliphatic rings. The predicted octanol–water partition coefficient (Wildman–Crippen LogP) is 3.04. The molecule has 1 N–H and O–H groups in total. The van der Waals surface area contributed by atoms with Crippen LogP contribution in [-0.4, -0.2) is 34.0 Å². The fraction of sp³-hybridized carbons (Fsp3) is 0.375.